The SMILES string of the molecule is O.O.O.O.O.O.O.O.O.O.OCO.OCO.OCO.OCO.OCO.OCO.OCO.OCO.OCO.OCO.OCO.OCO.[Mn].[Mn].[Mn].[Mn].[Mn].[Mn].[Mn].[Mn].[Mn].[Mn].[Mn].[Mn].[Mn].[Mn]. The summed E-state index contributed by atoms with van der Waals surface area (Å²) in [5.74, 6) is 0. The van der Waals surface area contributed by atoms with Crippen LogP contribution in [0.5, 0.6) is 0 Å². The van der Waals surface area contributed by atoms with Crippen LogP contribution in [0.3, 0.4) is 0 Å². The van der Waals surface area contributed by atoms with Gasteiger partial charge in [-0.1, -0.05) is 0 Å². The van der Waals surface area contributed by atoms with Crippen LogP contribution in [0.2, 0.25) is 0 Å². The molecular weight excluding hydrogens is 1460 g/mol. The molecule has 0 rings (SSSR count). The Balaban J connectivity index is -0.00000000297. The smallest absolute Gasteiger partial charge is 0.140 e. The number of hydrogen-bond acceptors (Lipinski definition) is 24. The molecular formula is C12H68Mn14O34. The van der Waals surface area contributed by atoms with Crippen LogP contribution in [0.1, 0.15) is 0 Å². The molecule has 0 atom stereocenters. The Labute approximate surface area is 492 Å². The minimum absolute atomic E-state index is 0. The molecule has 0 amide bonds. The Morgan fingerprint density at radius 2 is 0.100 bits per heavy atom. The molecule has 0 aliphatic carbocycles. The van der Waals surface area contributed by atoms with Gasteiger partial charge in [-0.3, -0.25) is 0 Å². The summed E-state index contributed by atoms with van der Waals surface area (Å²) in [5.41, 5.74) is 0. The molecule has 14 radical (unpaired) electrons. The van der Waals surface area contributed by atoms with Crippen molar-refractivity contribution in [2.75, 3.05) is 81.5 Å². The van der Waals surface area contributed by atoms with E-state index in [1.54, 1.807) is 0 Å². The molecule has 0 aromatic heterocycles. The van der Waals surface area contributed by atoms with Crippen LogP contribution in [-0.4, -0.2) is 259 Å². The molecule has 0 spiro atoms. The molecule has 0 saturated carbocycles. The van der Waals surface area contributed by atoms with Gasteiger partial charge in [0.25, 0.3) is 0 Å². The summed E-state index contributed by atoms with van der Waals surface area (Å²) in [4.78, 5) is 0. The van der Waals surface area contributed by atoms with Crippen molar-refractivity contribution in [2.45, 2.75) is 0 Å². The van der Waals surface area contributed by atoms with Crippen LogP contribution in [0.15, 0.2) is 0 Å². The van der Waals surface area contributed by atoms with Crippen molar-refractivity contribution in [2.24, 2.45) is 0 Å². The molecule has 60 heavy (non-hydrogen) atoms. The standard InChI is InChI=1S/12CH4O2.14Mn.10H2O/c12*2-1-3;;;;;;;;;;;;;;;;;;;;;;;;/h12*2-3H,1H2;;;;;;;;;;;;;;;10*1H2. The first-order valence-corrected chi connectivity index (χ1v) is 7.59. The van der Waals surface area contributed by atoms with Gasteiger partial charge in [-0.2, -0.15) is 0 Å². The molecule has 418 valence electrons. The normalized spacial score (nSPS) is 3.60. The fraction of sp³-hybridized carbons (Fsp3) is 1.00. The summed E-state index contributed by atoms with van der Waals surface area (Å²) < 4.78 is 0. The maximum atomic E-state index is 7.12. The molecule has 44 N–H and O–H groups in total. The van der Waals surface area contributed by atoms with Crippen LogP contribution < -0.4 is 0 Å². The van der Waals surface area contributed by atoms with E-state index in [4.69, 9.17) is 123 Å². The predicted molar refractivity (Wildman–Crippen MR) is 148 cm³/mol. The molecule has 0 heterocycles. The van der Waals surface area contributed by atoms with Gasteiger partial charge < -0.3 is 177 Å². The summed E-state index contributed by atoms with van der Waals surface area (Å²) in [5, 5.41) is 171. The van der Waals surface area contributed by atoms with Gasteiger partial charge >= 0.3 is 0 Å². The third-order valence-corrected chi connectivity index (χ3v) is 0. The van der Waals surface area contributed by atoms with E-state index in [-0.39, 0.29) is 294 Å². The zero-order chi connectivity index (χ0) is 32.5. The first-order chi connectivity index (χ1) is 17.0. The van der Waals surface area contributed by atoms with Crippen LogP contribution >= 0.6 is 0 Å². The van der Waals surface area contributed by atoms with E-state index in [0.29, 0.717) is 0 Å². The molecule has 0 aromatic rings. The second-order valence-electron chi connectivity index (χ2n) is 1.70. The third-order valence-electron chi connectivity index (χ3n) is 0. The van der Waals surface area contributed by atoms with E-state index in [9.17, 15) is 0 Å². The molecule has 0 aliphatic heterocycles. The second kappa shape index (κ2) is 826. The first kappa shape index (κ1) is 310. The van der Waals surface area contributed by atoms with Gasteiger partial charge in [0.05, 0.1) is 0 Å². The number of aliphatic hydroxyl groups excluding tert-OH is 12. The summed E-state index contributed by atoms with van der Waals surface area (Å²) in [7, 11) is 0. The number of hydrogen-bond donors (Lipinski definition) is 24. The van der Waals surface area contributed by atoms with Crippen molar-refractivity contribution in [1.82, 2.24) is 0 Å². The first-order valence-electron chi connectivity index (χ1n) is 7.59. The van der Waals surface area contributed by atoms with Crippen molar-refractivity contribution < 1.29 is 416 Å². The number of aliphatic hydroxyl groups is 24. The largest absolute Gasteiger partial charge is 0.412 e. The van der Waals surface area contributed by atoms with E-state index in [1.807, 2.05) is 0 Å². The fourth-order valence-electron chi connectivity index (χ4n) is 0. The van der Waals surface area contributed by atoms with Gasteiger partial charge in [0.2, 0.25) is 0 Å². The maximum Gasteiger partial charge on any atom is 0.140 e. The third kappa shape index (κ3) is 7240. The second-order valence-corrected chi connectivity index (χ2v) is 1.70. The Morgan fingerprint density at radius 1 is 0.100 bits per heavy atom. The van der Waals surface area contributed by atoms with E-state index < -0.39 is 81.5 Å². The average Bonchev–Trinajstić information content (AvgIpc) is 2.75. The van der Waals surface area contributed by atoms with Crippen molar-refractivity contribution in [1.29, 1.82) is 0 Å². The molecule has 0 saturated heterocycles. The van der Waals surface area contributed by atoms with Crippen LogP contribution in [0.4, 0.5) is 0 Å². The topological polar surface area (TPSA) is 801 Å². The van der Waals surface area contributed by atoms with Crippen molar-refractivity contribution in [3.05, 3.63) is 0 Å². The fourth-order valence-corrected chi connectivity index (χ4v) is 0. The van der Waals surface area contributed by atoms with Crippen LogP contribution in [-0.2, 0) is 239 Å². The van der Waals surface area contributed by atoms with Crippen molar-refractivity contribution in [3.63, 3.8) is 0 Å². The van der Waals surface area contributed by atoms with Crippen LogP contribution in [0, 0.1) is 0 Å². The predicted octanol–water partition coefficient (Wildman–Crippen LogP) is -21.1. The van der Waals surface area contributed by atoms with Crippen molar-refractivity contribution in [3.8, 4) is 0 Å². The molecule has 0 aromatic carbocycles. The summed E-state index contributed by atoms with van der Waals surface area (Å²) in [6.45, 7) is -9.00. The van der Waals surface area contributed by atoms with E-state index in [0.717, 1.165) is 0 Å². The molecule has 0 unspecified atom stereocenters. The average molecular weight is 1530 g/mol. The monoisotopic (exact) mass is 1530 g/mol. The molecule has 34 nitrogen and oxygen atoms in total. The summed E-state index contributed by atoms with van der Waals surface area (Å²) in [6, 6.07) is 0. The van der Waals surface area contributed by atoms with Gasteiger partial charge in [0.1, 0.15) is 81.5 Å². The number of rotatable bonds is 0. The van der Waals surface area contributed by atoms with Gasteiger partial charge in [0.15, 0.2) is 0 Å². The van der Waals surface area contributed by atoms with Gasteiger partial charge in [-0.25, -0.2) is 0 Å². The van der Waals surface area contributed by atoms with Crippen molar-refractivity contribution >= 4 is 0 Å². The van der Waals surface area contributed by atoms with Crippen LogP contribution in [0.25, 0.3) is 0 Å². The van der Waals surface area contributed by atoms with Gasteiger partial charge in [-0.15, -0.1) is 0 Å². The maximum absolute atomic E-state index is 7.12. The molecule has 48 heteroatoms. The molecule has 0 aliphatic rings. The van der Waals surface area contributed by atoms with E-state index in [1.165, 1.54) is 0 Å². The minimum atomic E-state index is -0.750. The zero-order valence-corrected chi connectivity index (χ0v) is 46.0. The Hall–Kier alpha value is 5.91. The quantitative estimate of drug-likeness (QED) is 0.0791. The zero-order valence-electron chi connectivity index (χ0n) is 29.5. The minimum Gasteiger partial charge on any atom is -0.412 e. The Morgan fingerprint density at radius 3 is 0.100 bits per heavy atom. The van der Waals surface area contributed by atoms with Gasteiger partial charge in [-0.05, 0) is 0 Å². The van der Waals surface area contributed by atoms with E-state index >= 15 is 0 Å². The summed E-state index contributed by atoms with van der Waals surface area (Å²) >= 11 is 0. The Kier molecular flexibility index (Phi) is 4280. The summed E-state index contributed by atoms with van der Waals surface area (Å²) in [6.07, 6.45) is 0. The van der Waals surface area contributed by atoms with E-state index in [2.05, 4.69) is 0 Å². The van der Waals surface area contributed by atoms with Gasteiger partial charge in [0, 0.05) is 239 Å². The molecule has 0 fully saturated rings. The Bertz CT molecular complexity index is 128. The molecule has 0 bridgehead atoms.